The molecule has 0 amide bonds. The smallest absolute Gasteiger partial charge is 0.0486 e. The van der Waals surface area contributed by atoms with E-state index < -0.39 is 0 Å². The zero-order chi connectivity index (χ0) is 13.0. The first-order chi connectivity index (χ1) is 8.69. The number of anilines is 1. The van der Waals surface area contributed by atoms with Gasteiger partial charge in [-0.05, 0) is 48.7 Å². The molecular formula is C16H18BrN. The molecule has 0 saturated heterocycles. The third-order valence-electron chi connectivity index (χ3n) is 3.09. The summed E-state index contributed by atoms with van der Waals surface area (Å²) < 4.78 is 1.12. The lowest BCUT2D eigenvalue weighted by atomic mass is 10.1. The van der Waals surface area contributed by atoms with Crippen LogP contribution in [0.1, 0.15) is 31.0 Å². The molecule has 0 aliphatic carbocycles. The van der Waals surface area contributed by atoms with E-state index in [1.54, 1.807) is 0 Å². The molecule has 0 spiro atoms. The van der Waals surface area contributed by atoms with Gasteiger partial charge < -0.3 is 5.32 Å². The van der Waals surface area contributed by atoms with E-state index in [0.717, 1.165) is 10.9 Å². The highest BCUT2D eigenvalue weighted by molar-refractivity contribution is 9.10. The van der Waals surface area contributed by atoms with Gasteiger partial charge in [-0.25, -0.2) is 0 Å². The molecule has 1 nitrogen and oxygen atoms in total. The predicted molar refractivity (Wildman–Crippen MR) is 82.0 cm³/mol. The van der Waals surface area contributed by atoms with Crippen molar-refractivity contribution in [2.45, 2.75) is 26.3 Å². The minimum atomic E-state index is 0.301. The molecule has 1 unspecified atom stereocenters. The van der Waals surface area contributed by atoms with Crippen molar-refractivity contribution in [3.05, 3.63) is 64.1 Å². The van der Waals surface area contributed by atoms with E-state index in [1.807, 2.05) is 6.07 Å². The second kappa shape index (κ2) is 6.05. The van der Waals surface area contributed by atoms with Gasteiger partial charge in [0.25, 0.3) is 0 Å². The summed E-state index contributed by atoms with van der Waals surface area (Å²) in [5.41, 5.74) is 3.82. The Balaban J connectivity index is 2.08. The Hall–Kier alpha value is -1.28. The van der Waals surface area contributed by atoms with Gasteiger partial charge in [0, 0.05) is 16.2 Å². The van der Waals surface area contributed by atoms with Crippen molar-refractivity contribution < 1.29 is 0 Å². The second-order valence-corrected chi connectivity index (χ2v) is 5.39. The van der Waals surface area contributed by atoms with Gasteiger partial charge in [0.2, 0.25) is 0 Å². The van der Waals surface area contributed by atoms with Gasteiger partial charge in [-0.3, -0.25) is 0 Å². The Kier molecular flexibility index (Phi) is 4.43. The van der Waals surface area contributed by atoms with Gasteiger partial charge >= 0.3 is 0 Å². The topological polar surface area (TPSA) is 12.0 Å². The van der Waals surface area contributed by atoms with Crippen LogP contribution in [0.4, 0.5) is 5.69 Å². The molecular weight excluding hydrogens is 286 g/mol. The van der Waals surface area contributed by atoms with E-state index >= 15 is 0 Å². The van der Waals surface area contributed by atoms with E-state index in [1.165, 1.54) is 16.8 Å². The maximum absolute atomic E-state index is 3.52. The Labute approximate surface area is 117 Å². The SMILES string of the molecule is CCc1ccc(NC(C)c2cccc(Br)c2)cc1. The van der Waals surface area contributed by atoms with Crippen LogP contribution < -0.4 is 5.32 Å². The standard InChI is InChI=1S/C16H18BrN/c1-3-13-7-9-16(10-8-13)18-12(2)14-5-4-6-15(17)11-14/h4-12,18H,3H2,1-2H3. The molecule has 0 fully saturated rings. The fraction of sp³-hybridized carbons (Fsp3) is 0.250. The summed E-state index contributed by atoms with van der Waals surface area (Å²) in [4.78, 5) is 0. The molecule has 2 aromatic carbocycles. The molecule has 0 aliphatic rings. The summed E-state index contributed by atoms with van der Waals surface area (Å²) in [6.07, 6.45) is 1.08. The van der Waals surface area contributed by atoms with Gasteiger partial charge in [-0.1, -0.05) is 47.1 Å². The summed E-state index contributed by atoms with van der Waals surface area (Å²) in [7, 11) is 0. The number of hydrogen-bond acceptors (Lipinski definition) is 1. The Morgan fingerprint density at radius 2 is 1.83 bits per heavy atom. The summed E-state index contributed by atoms with van der Waals surface area (Å²) in [5.74, 6) is 0. The molecule has 18 heavy (non-hydrogen) atoms. The van der Waals surface area contributed by atoms with Crippen molar-refractivity contribution in [1.82, 2.24) is 0 Å². The predicted octanol–water partition coefficient (Wildman–Crippen LogP) is 5.18. The van der Waals surface area contributed by atoms with Gasteiger partial charge in [0.1, 0.15) is 0 Å². The van der Waals surface area contributed by atoms with E-state index in [0.29, 0.717) is 6.04 Å². The minimum Gasteiger partial charge on any atom is -0.379 e. The normalized spacial score (nSPS) is 12.2. The van der Waals surface area contributed by atoms with Gasteiger partial charge in [0.05, 0.1) is 0 Å². The molecule has 2 aromatic rings. The van der Waals surface area contributed by atoms with Crippen molar-refractivity contribution in [2.75, 3.05) is 5.32 Å². The molecule has 1 N–H and O–H groups in total. The molecule has 0 saturated carbocycles. The Morgan fingerprint density at radius 3 is 2.44 bits per heavy atom. The first-order valence-corrected chi connectivity index (χ1v) is 7.09. The number of nitrogens with one attached hydrogen (secondary N) is 1. The zero-order valence-electron chi connectivity index (χ0n) is 10.8. The van der Waals surface area contributed by atoms with E-state index in [4.69, 9.17) is 0 Å². The second-order valence-electron chi connectivity index (χ2n) is 4.47. The first kappa shape index (κ1) is 13.2. The van der Waals surface area contributed by atoms with Crippen molar-refractivity contribution >= 4 is 21.6 Å². The molecule has 2 heteroatoms. The first-order valence-electron chi connectivity index (χ1n) is 6.30. The van der Waals surface area contributed by atoms with Crippen molar-refractivity contribution in [3.63, 3.8) is 0 Å². The monoisotopic (exact) mass is 303 g/mol. The van der Waals surface area contributed by atoms with Gasteiger partial charge in [-0.2, -0.15) is 0 Å². The van der Waals surface area contributed by atoms with Crippen molar-refractivity contribution in [3.8, 4) is 0 Å². The largest absolute Gasteiger partial charge is 0.379 e. The quantitative estimate of drug-likeness (QED) is 0.820. The third-order valence-corrected chi connectivity index (χ3v) is 3.59. The van der Waals surface area contributed by atoms with Crippen molar-refractivity contribution in [2.24, 2.45) is 0 Å². The molecule has 0 bridgehead atoms. The maximum Gasteiger partial charge on any atom is 0.0486 e. The average molecular weight is 304 g/mol. The highest BCUT2D eigenvalue weighted by Crippen LogP contribution is 2.22. The molecule has 1 atom stereocenters. The van der Waals surface area contributed by atoms with Gasteiger partial charge in [-0.15, -0.1) is 0 Å². The lowest BCUT2D eigenvalue weighted by Gasteiger charge is -2.16. The van der Waals surface area contributed by atoms with Gasteiger partial charge in [0.15, 0.2) is 0 Å². The van der Waals surface area contributed by atoms with Crippen LogP contribution in [0.3, 0.4) is 0 Å². The summed E-state index contributed by atoms with van der Waals surface area (Å²) in [6.45, 7) is 4.35. The lowest BCUT2D eigenvalue weighted by Crippen LogP contribution is -2.06. The lowest BCUT2D eigenvalue weighted by molar-refractivity contribution is 0.883. The van der Waals surface area contributed by atoms with E-state index in [-0.39, 0.29) is 0 Å². The van der Waals surface area contributed by atoms with Crippen molar-refractivity contribution in [1.29, 1.82) is 0 Å². The Bertz CT molecular complexity index is 505. The molecule has 2 rings (SSSR count). The number of hydrogen-bond donors (Lipinski definition) is 1. The van der Waals surface area contributed by atoms with Crippen LogP contribution >= 0.6 is 15.9 Å². The average Bonchev–Trinajstić information content (AvgIpc) is 2.39. The molecule has 94 valence electrons. The van der Waals surface area contributed by atoms with Crippen LogP contribution in [0.25, 0.3) is 0 Å². The molecule has 0 aliphatic heterocycles. The van der Waals surface area contributed by atoms with Crippen LogP contribution in [0.5, 0.6) is 0 Å². The van der Waals surface area contributed by atoms with Crippen LogP contribution in [-0.2, 0) is 6.42 Å². The number of rotatable bonds is 4. The summed E-state index contributed by atoms with van der Waals surface area (Å²) in [6, 6.07) is 17.4. The summed E-state index contributed by atoms with van der Waals surface area (Å²) >= 11 is 3.51. The summed E-state index contributed by atoms with van der Waals surface area (Å²) in [5, 5.41) is 3.52. The molecule has 0 heterocycles. The van der Waals surface area contributed by atoms with Crippen LogP contribution in [0, 0.1) is 0 Å². The van der Waals surface area contributed by atoms with E-state index in [2.05, 4.69) is 77.6 Å². The number of halogens is 1. The molecule has 0 radical (unpaired) electrons. The Morgan fingerprint density at radius 1 is 1.11 bits per heavy atom. The molecule has 0 aromatic heterocycles. The maximum atomic E-state index is 3.52. The fourth-order valence-electron chi connectivity index (χ4n) is 1.95. The third kappa shape index (κ3) is 3.36. The van der Waals surface area contributed by atoms with E-state index in [9.17, 15) is 0 Å². The number of benzene rings is 2. The van der Waals surface area contributed by atoms with Crippen LogP contribution in [0.2, 0.25) is 0 Å². The van der Waals surface area contributed by atoms with Crippen LogP contribution in [-0.4, -0.2) is 0 Å². The van der Waals surface area contributed by atoms with Crippen LogP contribution in [0.15, 0.2) is 53.0 Å². The highest BCUT2D eigenvalue weighted by atomic mass is 79.9. The fourth-order valence-corrected chi connectivity index (χ4v) is 2.36. The number of aryl methyl sites for hydroxylation is 1. The zero-order valence-corrected chi connectivity index (χ0v) is 12.4. The highest BCUT2D eigenvalue weighted by Gasteiger charge is 2.05. The minimum absolute atomic E-state index is 0.301.